The Bertz CT molecular complexity index is 324. The van der Waals surface area contributed by atoms with E-state index in [0.717, 1.165) is 0 Å². The van der Waals surface area contributed by atoms with Gasteiger partial charge in [0.15, 0.2) is 0 Å². The molecule has 0 aromatic rings. The molecule has 0 aliphatic carbocycles. The van der Waals surface area contributed by atoms with Crippen molar-refractivity contribution in [3.05, 3.63) is 0 Å². The van der Waals surface area contributed by atoms with E-state index >= 15 is 0 Å². The Morgan fingerprint density at radius 3 is 1.54 bits per heavy atom. The van der Waals surface area contributed by atoms with Crippen LogP contribution in [0.15, 0.2) is 0 Å². The van der Waals surface area contributed by atoms with E-state index < -0.39 is 25.5 Å². The third-order valence-electron chi connectivity index (χ3n) is 0.919. The topological polar surface area (TPSA) is 51.2 Å². The van der Waals surface area contributed by atoms with Gasteiger partial charge in [-0.25, -0.2) is 8.42 Å². The Balaban J connectivity index is 5.42. The van der Waals surface area contributed by atoms with Crippen molar-refractivity contribution in [3.8, 4) is 0 Å². The fourth-order valence-electron chi connectivity index (χ4n) is 0.268. The van der Waals surface area contributed by atoms with Gasteiger partial charge in [0.1, 0.15) is 0 Å². The van der Waals surface area contributed by atoms with E-state index in [-0.39, 0.29) is 0 Å². The molecule has 0 N–H and O–H groups in total. The summed E-state index contributed by atoms with van der Waals surface area (Å²) >= 11 is 4.07. The summed E-state index contributed by atoms with van der Waals surface area (Å²) in [6.07, 6.45) is 0. The number of carbonyl (C=O) groups is 1. The molecule has 0 bridgehead atoms. The highest BCUT2D eigenvalue weighted by atomic mass is 35.7. The van der Waals surface area contributed by atoms with Gasteiger partial charge in [-0.3, -0.25) is 4.79 Å². The summed E-state index contributed by atoms with van der Waals surface area (Å²) in [6.45, 7) is 0. The zero-order chi connectivity index (χ0) is 11.1. The van der Waals surface area contributed by atoms with Crippen LogP contribution < -0.4 is 0 Å². The van der Waals surface area contributed by atoms with E-state index in [0.29, 0.717) is 0 Å². The molecule has 0 saturated heterocycles. The molecular weight excluding hydrogens is 263 g/mol. The molecule has 3 nitrogen and oxygen atoms in total. The minimum absolute atomic E-state index is 2.80. The summed E-state index contributed by atoms with van der Waals surface area (Å²) in [4.78, 5) is 9.77. The molecule has 13 heavy (non-hydrogen) atoms. The van der Waals surface area contributed by atoms with E-state index in [1.807, 2.05) is 0 Å². The van der Waals surface area contributed by atoms with Crippen LogP contribution in [0.1, 0.15) is 0 Å². The van der Waals surface area contributed by atoms with Gasteiger partial charge < -0.3 is 0 Å². The molecule has 0 aromatic heterocycles. The molecule has 0 unspecified atom stereocenters. The third-order valence-corrected chi connectivity index (χ3v) is 2.61. The average molecular weight is 263 g/mol. The van der Waals surface area contributed by atoms with Crippen LogP contribution >= 0.6 is 22.3 Å². The molecule has 0 aliphatic rings. The van der Waals surface area contributed by atoms with E-state index in [1.165, 1.54) is 0 Å². The smallest absolute Gasteiger partial charge is 0.274 e. The van der Waals surface area contributed by atoms with Gasteiger partial charge in [0.05, 0.1) is 0 Å². The lowest BCUT2D eigenvalue weighted by Crippen LogP contribution is -2.48. The molecule has 0 amide bonds. The lowest BCUT2D eigenvalue weighted by Gasteiger charge is -2.19. The lowest BCUT2D eigenvalue weighted by atomic mass is 10.4. The Morgan fingerprint density at radius 1 is 1.15 bits per heavy atom. The lowest BCUT2D eigenvalue weighted by molar-refractivity contribution is -0.169. The van der Waals surface area contributed by atoms with Gasteiger partial charge in [0, 0.05) is 10.7 Å². The van der Waals surface area contributed by atoms with Gasteiger partial charge >= 0.3 is 20.2 Å². The molecule has 0 spiro atoms. The van der Waals surface area contributed by atoms with Crippen molar-refractivity contribution in [2.45, 2.75) is 11.2 Å². The van der Waals surface area contributed by atoms with Crippen LogP contribution in [-0.2, 0) is 13.8 Å². The van der Waals surface area contributed by atoms with Crippen LogP contribution in [0.5, 0.6) is 0 Å². The van der Waals surface area contributed by atoms with Crippen molar-refractivity contribution in [3.63, 3.8) is 0 Å². The van der Waals surface area contributed by atoms with Gasteiger partial charge in [-0.1, -0.05) is 0 Å². The first-order valence-corrected chi connectivity index (χ1v) is 5.03. The molecule has 0 saturated carbocycles. The maximum absolute atomic E-state index is 12.2. The molecule has 0 fully saturated rings. The first kappa shape index (κ1) is 12.9. The standard InChI is InChI=1S/C3Cl2F4O3S/c4-1(10)2(6,7)3(8,9)13(5,11)12. The SMILES string of the molecule is O=C(Cl)C(F)(F)C(F)(F)S(=O)(=O)Cl. The highest BCUT2D eigenvalue weighted by molar-refractivity contribution is 8.14. The summed E-state index contributed by atoms with van der Waals surface area (Å²) in [5, 5.41) is -8.53. The molecule has 78 valence electrons. The summed E-state index contributed by atoms with van der Waals surface area (Å²) in [5.41, 5.74) is 0. The minimum atomic E-state index is -5.92. The van der Waals surface area contributed by atoms with Gasteiger partial charge in [0.2, 0.25) is 0 Å². The Hall–Kier alpha value is -0.0800. The normalized spacial score (nSPS) is 14.3. The van der Waals surface area contributed by atoms with Crippen LogP contribution in [0.2, 0.25) is 0 Å². The van der Waals surface area contributed by atoms with Crippen molar-refractivity contribution >= 4 is 36.6 Å². The second-order valence-corrected chi connectivity index (χ2v) is 4.75. The molecular formula is C3Cl2F4O3S. The van der Waals surface area contributed by atoms with Crippen molar-refractivity contribution in [1.29, 1.82) is 0 Å². The zero-order valence-corrected chi connectivity index (χ0v) is 7.73. The molecule has 0 aromatic carbocycles. The van der Waals surface area contributed by atoms with Crippen molar-refractivity contribution < 1.29 is 30.8 Å². The number of hydrogen-bond acceptors (Lipinski definition) is 3. The van der Waals surface area contributed by atoms with Crippen LogP contribution in [0.25, 0.3) is 0 Å². The summed E-state index contributed by atoms with van der Waals surface area (Å²) in [5.74, 6) is -5.55. The van der Waals surface area contributed by atoms with Crippen LogP contribution in [-0.4, -0.2) is 24.8 Å². The first-order valence-electron chi connectivity index (χ1n) is 2.34. The van der Waals surface area contributed by atoms with Crippen LogP contribution in [0.3, 0.4) is 0 Å². The summed E-state index contributed by atoms with van der Waals surface area (Å²) < 4.78 is 68.5. The van der Waals surface area contributed by atoms with Crippen molar-refractivity contribution in [2.75, 3.05) is 0 Å². The fraction of sp³-hybridized carbons (Fsp3) is 0.667. The van der Waals surface area contributed by atoms with Gasteiger partial charge in [-0.2, -0.15) is 17.6 Å². The quantitative estimate of drug-likeness (QED) is 0.573. The first-order chi connectivity index (χ1) is 5.44. The Morgan fingerprint density at radius 2 is 1.46 bits per heavy atom. The predicted octanol–water partition coefficient (Wildman–Crippen LogP) is 1.55. The third kappa shape index (κ3) is 2.05. The summed E-state index contributed by atoms with van der Waals surface area (Å²) in [7, 11) is -1.94. The number of rotatable bonds is 3. The second kappa shape index (κ2) is 3.25. The maximum atomic E-state index is 12.2. The number of halogens is 6. The van der Waals surface area contributed by atoms with E-state index in [9.17, 15) is 30.8 Å². The molecule has 0 heterocycles. The van der Waals surface area contributed by atoms with Gasteiger partial charge in [0.25, 0.3) is 5.24 Å². The molecule has 0 rings (SSSR count). The van der Waals surface area contributed by atoms with Gasteiger partial charge in [-0.05, 0) is 11.6 Å². The molecule has 0 atom stereocenters. The second-order valence-electron chi connectivity index (χ2n) is 1.80. The van der Waals surface area contributed by atoms with Crippen LogP contribution in [0.4, 0.5) is 17.6 Å². The van der Waals surface area contributed by atoms with E-state index in [1.54, 1.807) is 0 Å². The number of carbonyl (C=O) groups excluding carboxylic acids is 1. The van der Waals surface area contributed by atoms with Crippen molar-refractivity contribution in [1.82, 2.24) is 0 Å². The van der Waals surface area contributed by atoms with Crippen LogP contribution in [0, 0.1) is 0 Å². The maximum Gasteiger partial charge on any atom is 0.429 e. The minimum Gasteiger partial charge on any atom is -0.274 e. The number of hydrogen-bond donors (Lipinski definition) is 0. The van der Waals surface area contributed by atoms with Gasteiger partial charge in [-0.15, -0.1) is 0 Å². The Kier molecular flexibility index (Phi) is 3.23. The van der Waals surface area contributed by atoms with E-state index in [2.05, 4.69) is 22.3 Å². The largest absolute Gasteiger partial charge is 0.429 e. The number of alkyl halides is 4. The average Bonchev–Trinajstić information content (AvgIpc) is 1.84. The molecule has 0 radical (unpaired) electrons. The molecule has 10 heteroatoms. The molecule has 0 aliphatic heterocycles. The predicted molar refractivity (Wildman–Crippen MR) is 35.5 cm³/mol. The highest BCUT2D eigenvalue weighted by Gasteiger charge is 2.69. The zero-order valence-electron chi connectivity index (χ0n) is 5.40. The Labute approximate surface area is 79.0 Å². The summed E-state index contributed by atoms with van der Waals surface area (Å²) in [6, 6.07) is 0. The van der Waals surface area contributed by atoms with E-state index in [4.69, 9.17) is 0 Å². The van der Waals surface area contributed by atoms with Crippen molar-refractivity contribution in [2.24, 2.45) is 0 Å². The highest BCUT2D eigenvalue weighted by Crippen LogP contribution is 2.41. The monoisotopic (exact) mass is 262 g/mol. The fourth-order valence-corrected chi connectivity index (χ4v) is 1.13.